The molecule has 0 heterocycles. The normalized spacial score (nSPS) is 10.2. The average Bonchev–Trinajstić information content (AvgIpc) is 2.29. The van der Waals surface area contributed by atoms with Crippen LogP contribution in [0, 0.1) is 6.92 Å². The zero-order chi connectivity index (χ0) is 12.0. The number of anilines is 1. The second kappa shape index (κ2) is 6.28. The lowest BCUT2D eigenvalue weighted by atomic mass is 10.2. The van der Waals surface area contributed by atoms with Crippen LogP contribution in [0.25, 0.3) is 0 Å². The minimum atomic E-state index is 0.0963. The molecule has 1 rings (SSSR count). The van der Waals surface area contributed by atoms with Gasteiger partial charge in [-0.1, -0.05) is 19.1 Å². The molecule has 1 N–H and O–H groups in total. The van der Waals surface area contributed by atoms with Crippen LogP contribution in [0.4, 0.5) is 5.69 Å². The molecule has 0 unspecified atom stereocenters. The minimum absolute atomic E-state index is 0.0963. The van der Waals surface area contributed by atoms with Crippen molar-refractivity contribution in [2.24, 2.45) is 0 Å². The Hall–Kier alpha value is -1.35. The van der Waals surface area contributed by atoms with Gasteiger partial charge in [0, 0.05) is 25.3 Å². The van der Waals surface area contributed by atoms with E-state index in [-0.39, 0.29) is 12.5 Å². The van der Waals surface area contributed by atoms with Gasteiger partial charge in [0.15, 0.2) is 0 Å². The fourth-order valence-corrected chi connectivity index (χ4v) is 1.61. The largest absolute Gasteiger partial charge is 0.396 e. The Morgan fingerprint density at radius 1 is 1.44 bits per heavy atom. The van der Waals surface area contributed by atoms with Gasteiger partial charge in [0.25, 0.3) is 0 Å². The monoisotopic (exact) mass is 221 g/mol. The predicted octanol–water partition coefficient (Wildman–Crippen LogP) is 2.12. The number of nitrogens with zero attached hydrogens (tertiary/aromatic N) is 1. The molecule has 0 bridgehead atoms. The Balaban J connectivity index is 2.87. The van der Waals surface area contributed by atoms with E-state index in [1.807, 2.05) is 38.1 Å². The van der Waals surface area contributed by atoms with E-state index in [1.165, 1.54) is 0 Å². The van der Waals surface area contributed by atoms with Gasteiger partial charge in [0.1, 0.15) is 0 Å². The molecule has 3 heteroatoms. The second-order valence-electron chi connectivity index (χ2n) is 3.82. The number of hydrogen-bond acceptors (Lipinski definition) is 2. The Bertz CT molecular complexity index is 350. The second-order valence-corrected chi connectivity index (χ2v) is 3.82. The Kier molecular flexibility index (Phi) is 4.99. The molecule has 0 aliphatic heterocycles. The van der Waals surface area contributed by atoms with Crippen molar-refractivity contribution in [3.8, 4) is 0 Å². The van der Waals surface area contributed by atoms with Crippen LogP contribution in [0.15, 0.2) is 24.3 Å². The minimum Gasteiger partial charge on any atom is -0.396 e. The van der Waals surface area contributed by atoms with Crippen LogP contribution < -0.4 is 4.90 Å². The molecule has 88 valence electrons. The Morgan fingerprint density at radius 3 is 2.75 bits per heavy atom. The molecule has 16 heavy (non-hydrogen) atoms. The molecule has 1 aromatic carbocycles. The summed E-state index contributed by atoms with van der Waals surface area (Å²) in [7, 11) is 0. The molecular weight excluding hydrogens is 202 g/mol. The van der Waals surface area contributed by atoms with Crippen LogP contribution in [0.3, 0.4) is 0 Å². The van der Waals surface area contributed by atoms with Crippen molar-refractivity contribution in [3.05, 3.63) is 29.8 Å². The quantitative estimate of drug-likeness (QED) is 0.827. The van der Waals surface area contributed by atoms with Gasteiger partial charge in [-0.25, -0.2) is 0 Å². The number of amides is 1. The van der Waals surface area contributed by atoms with Gasteiger partial charge in [-0.3, -0.25) is 4.79 Å². The summed E-state index contributed by atoms with van der Waals surface area (Å²) in [5.41, 5.74) is 2.05. The SMILES string of the molecule is CCC(=O)N(CCCO)c1cccc(C)c1. The molecule has 1 amide bonds. The highest BCUT2D eigenvalue weighted by Crippen LogP contribution is 2.17. The lowest BCUT2D eigenvalue weighted by Gasteiger charge is -2.22. The lowest BCUT2D eigenvalue weighted by molar-refractivity contribution is -0.118. The van der Waals surface area contributed by atoms with E-state index in [2.05, 4.69) is 0 Å². The van der Waals surface area contributed by atoms with Gasteiger partial charge in [0.2, 0.25) is 5.91 Å². The molecule has 0 aliphatic carbocycles. The first kappa shape index (κ1) is 12.7. The zero-order valence-electron chi connectivity index (χ0n) is 9.94. The van der Waals surface area contributed by atoms with Crippen molar-refractivity contribution >= 4 is 11.6 Å². The fourth-order valence-electron chi connectivity index (χ4n) is 1.61. The zero-order valence-corrected chi connectivity index (χ0v) is 9.94. The first-order valence-electron chi connectivity index (χ1n) is 5.67. The summed E-state index contributed by atoms with van der Waals surface area (Å²) in [6.07, 6.45) is 1.10. The van der Waals surface area contributed by atoms with E-state index in [0.29, 0.717) is 19.4 Å². The lowest BCUT2D eigenvalue weighted by Crippen LogP contribution is -2.31. The van der Waals surface area contributed by atoms with Crippen LogP contribution in [0.1, 0.15) is 25.3 Å². The van der Waals surface area contributed by atoms with Crippen LogP contribution in [-0.2, 0) is 4.79 Å². The number of aliphatic hydroxyl groups excluding tert-OH is 1. The summed E-state index contributed by atoms with van der Waals surface area (Å²) in [6, 6.07) is 7.87. The molecule has 0 spiro atoms. The van der Waals surface area contributed by atoms with Gasteiger partial charge >= 0.3 is 0 Å². The van der Waals surface area contributed by atoms with Gasteiger partial charge < -0.3 is 10.0 Å². The maximum absolute atomic E-state index is 11.8. The first-order chi connectivity index (χ1) is 7.69. The summed E-state index contributed by atoms with van der Waals surface area (Å²) in [5, 5.41) is 8.83. The predicted molar refractivity (Wildman–Crippen MR) is 65.5 cm³/mol. The number of hydrogen-bond donors (Lipinski definition) is 1. The van der Waals surface area contributed by atoms with Crippen molar-refractivity contribution in [1.82, 2.24) is 0 Å². The van der Waals surface area contributed by atoms with E-state index in [1.54, 1.807) is 4.90 Å². The van der Waals surface area contributed by atoms with E-state index in [0.717, 1.165) is 11.3 Å². The van der Waals surface area contributed by atoms with Gasteiger partial charge in [-0.15, -0.1) is 0 Å². The Labute approximate surface area is 96.7 Å². The topological polar surface area (TPSA) is 40.5 Å². The van der Waals surface area contributed by atoms with E-state index in [4.69, 9.17) is 5.11 Å². The molecule has 1 aromatic rings. The van der Waals surface area contributed by atoms with Crippen molar-refractivity contribution in [2.75, 3.05) is 18.1 Å². The molecule has 0 aromatic heterocycles. The molecule has 0 aliphatic rings. The van der Waals surface area contributed by atoms with Gasteiger partial charge in [-0.05, 0) is 31.0 Å². The number of carbonyl (C=O) groups is 1. The summed E-state index contributed by atoms with van der Waals surface area (Å²) in [5.74, 6) is 0.0963. The van der Waals surface area contributed by atoms with Crippen LogP contribution in [0.5, 0.6) is 0 Å². The third kappa shape index (κ3) is 3.35. The van der Waals surface area contributed by atoms with Crippen LogP contribution in [0.2, 0.25) is 0 Å². The third-order valence-electron chi connectivity index (χ3n) is 2.46. The smallest absolute Gasteiger partial charge is 0.226 e. The molecule has 0 fully saturated rings. The average molecular weight is 221 g/mol. The maximum Gasteiger partial charge on any atom is 0.226 e. The van der Waals surface area contributed by atoms with Crippen molar-refractivity contribution in [1.29, 1.82) is 0 Å². The third-order valence-corrected chi connectivity index (χ3v) is 2.46. The van der Waals surface area contributed by atoms with Crippen LogP contribution in [-0.4, -0.2) is 24.2 Å². The van der Waals surface area contributed by atoms with Gasteiger partial charge in [-0.2, -0.15) is 0 Å². The molecular formula is C13H19NO2. The standard InChI is InChI=1S/C13H19NO2/c1-3-13(16)14(8-5-9-15)12-7-4-6-11(2)10-12/h4,6-7,10,15H,3,5,8-9H2,1-2H3. The number of rotatable bonds is 5. The molecule has 0 saturated heterocycles. The number of carbonyl (C=O) groups excluding carboxylic acids is 1. The molecule has 0 radical (unpaired) electrons. The fraction of sp³-hybridized carbons (Fsp3) is 0.462. The van der Waals surface area contributed by atoms with Crippen molar-refractivity contribution in [3.63, 3.8) is 0 Å². The highest BCUT2D eigenvalue weighted by Gasteiger charge is 2.12. The number of aryl methyl sites for hydroxylation is 1. The summed E-state index contributed by atoms with van der Waals surface area (Å²) < 4.78 is 0. The number of benzene rings is 1. The van der Waals surface area contributed by atoms with Crippen molar-refractivity contribution < 1.29 is 9.90 Å². The highest BCUT2D eigenvalue weighted by molar-refractivity contribution is 5.93. The molecule has 3 nitrogen and oxygen atoms in total. The summed E-state index contributed by atoms with van der Waals surface area (Å²) in [6.45, 7) is 4.54. The summed E-state index contributed by atoms with van der Waals surface area (Å²) in [4.78, 5) is 13.5. The maximum atomic E-state index is 11.8. The van der Waals surface area contributed by atoms with Crippen LogP contribution >= 0.6 is 0 Å². The van der Waals surface area contributed by atoms with E-state index in [9.17, 15) is 4.79 Å². The highest BCUT2D eigenvalue weighted by atomic mass is 16.3. The number of aliphatic hydroxyl groups is 1. The Morgan fingerprint density at radius 2 is 2.19 bits per heavy atom. The van der Waals surface area contributed by atoms with E-state index >= 15 is 0 Å². The van der Waals surface area contributed by atoms with Crippen molar-refractivity contribution in [2.45, 2.75) is 26.7 Å². The first-order valence-corrected chi connectivity index (χ1v) is 5.67. The van der Waals surface area contributed by atoms with E-state index < -0.39 is 0 Å². The molecule has 0 atom stereocenters. The summed E-state index contributed by atoms with van der Waals surface area (Å²) >= 11 is 0. The molecule has 0 saturated carbocycles. The van der Waals surface area contributed by atoms with Gasteiger partial charge in [0.05, 0.1) is 0 Å².